The molecule has 17 heavy (non-hydrogen) atoms. The van der Waals surface area contributed by atoms with E-state index in [9.17, 15) is 4.79 Å². The molecular weight excluding hydrogens is 214 g/mol. The molecule has 1 N–H and O–H groups in total. The summed E-state index contributed by atoms with van der Waals surface area (Å²) in [7, 11) is 0. The summed E-state index contributed by atoms with van der Waals surface area (Å²) in [5, 5.41) is 2.73. The van der Waals surface area contributed by atoms with Gasteiger partial charge in [-0.2, -0.15) is 0 Å². The minimum atomic E-state index is -0.121. The highest BCUT2D eigenvalue weighted by Crippen LogP contribution is 2.16. The molecule has 1 amide bonds. The molecule has 1 rings (SSSR count). The van der Waals surface area contributed by atoms with Crippen LogP contribution in [0.3, 0.4) is 0 Å². The zero-order valence-electron chi connectivity index (χ0n) is 10.2. The molecule has 1 aromatic carbocycles. The Morgan fingerprint density at radius 1 is 1.41 bits per heavy atom. The molecule has 0 radical (unpaired) electrons. The topological polar surface area (TPSA) is 38.3 Å². The fraction of sp³-hybridized carbons (Fsp3) is 0.357. The number of carbonyl (C=O) groups excluding carboxylic acids is 1. The first-order chi connectivity index (χ1) is 8.24. The zero-order valence-corrected chi connectivity index (χ0v) is 10.2. The molecule has 0 bridgehead atoms. The van der Waals surface area contributed by atoms with Crippen molar-refractivity contribution in [2.75, 3.05) is 13.2 Å². The lowest BCUT2D eigenvalue weighted by molar-refractivity contribution is -0.116. The SMILES string of the molecule is C=CC(=O)NCCCCOc1ccccc1C. The summed E-state index contributed by atoms with van der Waals surface area (Å²) in [5.74, 6) is 0.812. The van der Waals surface area contributed by atoms with Crippen LogP contribution in [-0.4, -0.2) is 19.1 Å². The standard InChI is InChI=1S/C14H19NO2/c1-3-14(16)15-10-6-7-11-17-13-9-5-4-8-12(13)2/h3-5,8-9H,1,6-7,10-11H2,2H3,(H,15,16). The highest BCUT2D eigenvalue weighted by atomic mass is 16.5. The van der Waals surface area contributed by atoms with E-state index in [1.54, 1.807) is 0 Å². The van der Waals surface area contributed by atoms with E-state index in [4.69, 9.17) is 4.74 Å². The van der Waals surface area contributed by atoms with E-state index in [0.29, 0.717) is 13.2 Å². The first-order valence-electron chi connectivity index (χ1n) is 5.82. The third-order valence-corrected chi connectivity index (χ3v) is 2.41. The highest BCUT2D eigenvalue weighted by Gasteiger charge is 1.97. The number of ether oxygens (including phenoxy) is 1. The van der Waals surface area contributed by atoms with Crippen LogP contribution in [0.1, 0.15) is 18.4 Å². The van der Waals surface area contributed by atoms with Crippen LogP contribution >= 0.6 is 0 Å². The van der Waals surface area contributed by atoms with E-state index in [0.717, 1.165) is 24.2 Å². The Hall–Kier alpha value is -1.77. The van der Waals surface area contributed by atoms with E-state index in [2.05, 4.69) is 11.9 Å². The summed E-state index contributed by atoms with van der Waals surface area (Å²) < 4.78 is 5.64. The Bertz CT molecular complexity index is 374. The monoisotopic (exact) mass is 233 g/mol. The van der Waals surface area contributed by atoms with E-state index in [1.165, 1.54) is 6.08 Å². The lowest BCUT2D eigenvalue weighted by Gasteiger charge is -2.08. The highest BCUT2D eigenvalue weighted by molar-refractivity contribution is 5.86. The van der Waals surface area contributed by atoms with Gasteiger partial charge in [0.15, 0.2) is 0 Å². The van der Waals surface area contributed by atoms with Crippen molar-refractivity contribution >= 4 is 5.91 Å². The number of hydrogen-bond donors (Lipinski definition) is 1. The molecule has 0 unspecified atom stereocenters. The molecule has 3 heteroatoms. The Kier molecular flexibility index (Phi) is 5.86. The third-order valence-electron chi connectivity index (χ3n) is 2.41. The number of unbranched alkanes of at least 4 members (excludes halogenated alkanes) is 1. The summed E-state index contributed by atoms with van der Waals surface area (Å²) in [4.78, 5) is 10.9. The van der Waals surface area contributed by atoms with Gasteiger partial charge in [-0.15, -0.1) is 0 Å². The van der Waals surface area contributed by atoms with E-state index in [1.807, 2.05) is 31.2 Å². The molecular formula is C14H19NO2. The van der Waals surface area contributed by atoms with Gasteiger partial charge in [0.1, 0.15) is 5.75 Å². The van der Waals surface area contributed by atoms with Gasteiger partial charge in [0.25, 0.3) is 0 Å². The third kappa shape index (κ3) is 5.20. The van der Waals surface area contributed by atoms with Gasteiger partial charge in [-0.05, 0) is 37.5 Å². The van der Waals surface area contributed by atoms with Crippen molar-refractivity contribution in [2.24, 2.45) is 0 Å². The molecule has 0 aliphatic carbocycles. The number of nitrogens with one attached hydrogen (secondary N) is 1. The first kappa shape index (κ1) is 13.3. The molecule has 0 atom stereocenters. The van der Waals surface area contributed by atoms with Gasteiger partial charge in [0, 0.05) is 6.54 Å². The second kappa shape index (κ2) is 7.49. The predicted molar refractivity (Wildman–Crippen MR) is 69.1 cm³/mol. The van der Waals surface area contributed by atoms with Crippen LogP contribution in [0.15, 0.2) is 36.9 Å². The number of hydrogen-bond acceptors (Lipinski definition) is 2. The number of benzene rings is 1. The average molecular weight is 233 g/mol. The largest absolute Gasteiger partial charge is 0.493 e. The van der Waals surface area contributed by atoms with Gasteiger partial charge >= 0.3 is 0 Å². The van der Waals surface area contributed by atoms with Crippen molar-refractivity contribution in [3.05, 3.63) is 42.5 Å². The summed E-state index contributed by atoms with van der Waals surface area (Å²) in [5.41, 5.74) is 1.15. The average Bonchev–Trinajstić information content (AvgIpc) is 2.35. The second-order valence-corrected chi connectivity index (χ2v) is 3.82. The summed E-state index contributed by atoms with van der Waals surface area (Å²) >= 11 is 0. The van der Waals surface area contributed by atoms with Crippen LogP contribution in [0.2, 0.25) is 0 Å². The van der Waals surface area contributed by atoms with E-state index < -0.39 is 0 Å². The Morgan fingerprint density at radius 3 is 2.88 bits per heavy atom. The van der Waals surface area contributed by atoms with Gasteiger partial charge in [0.05, 0.1) is 6.61 Å². The van der Waals surface area contributed by atoms with Crippen molar-refractivity contribution in [1.29, 1.82) is 0 Å². The van der Waals surface area contributed by atoms with Crippen LogP contribution in [0.5, 0.6) is 5.75 Å². The summed E-state index contributed by atoms with van der Waals surface area (Å²) in [6.45, 7) is 6.76. The second-order valence-electron chi connectivity index (χ2n) is 3.82. The molecule has 3 nitrogen and oxygen atoms in total. The number of amides is 1. The molecule has 0 aliphatic heterocycles. The van der Waals surface area contributed by atoms with Crippen molar-refractivity contribution in [1.82, 2.24) is 5.32 Å². The Balaban J connectivity index is 2.11. The van der Waals surface area contributed by atoms with E-state index in [-0.39, 0.29) is 5.91 Å². The number of carbonyl (C=O) groups is 1. The maximum absolute atomic E-state index is 10.9. The van der Waals surface area contributed by atoms with Gasteiger partial charge < -0.3 is 10.1 Å². The maximum Gasteiger partial charge on any atom is 0.243 e. The predicted octanol–water partition coefficient (Wildman–Crippen LogP) is 2.46. The van der Waals surface area contributed by atoms with Crippen LogP contribution in [0.25, 0.3) is 0 Å². The lowest BCUT2D eigenvalue weighted by Crippen LogP contribution is -2.22. The van der Waals surface area contributed by atoms with Crippen LogP contribution in [0.4, 0.5) is 0 Å². The fourth-order valence-corrected chi connectivity index (χ4v) is 1.41. The van der Waals surface area contributed by atoms with Crippen LogP contribution in [-0.2, 0) is 4.79 Å². The van der Waals surface area contributed by atoms with Crippen molar-refractivity contribution in [2.45, 2.75) is 19.8 Å². The van der Waals surface area contributed by atoms with Crippen LogP contribution in [0, 0.1) is 6.92 Å². The number of aryl methyl sites for hydroxylation is 1. The lowest BCUT2D eigenvalue weighted by atomic mass is 10.2. The molecule has 0 heterocycles. The minimum Gasteiger partial charge on any atom is -0.493 e. The molecule has 0 saturated heterocycles. The maximum atomic E-state index is 10.9. The molecule has 0 fully saturated rings. The van der Waals surface area contributed by atoms with Crippen LogP contribution < -0.4 is 10.1 Å². The molecule has 0 aromatic heterocycles. The van der Waals surface area contributed by atoms with Crippen molar-refractivity contribution < 1.29 is 9.53 Å². The molecule has 0 aliphatic rings. The molecule has 0 saturated carbocycles. The Labute approximate surface area is 102 Å². The quantitative estimate of drug-likeness (QED) is 0.580. The molecule has 92 valence electrons. The zero-order chi connectivity index (χ0) is 12.5. The summed E-state index contributed by atoms with van der Waals surface area (Å²) in [6, 6.07) is 7.95. The molecule has 0 spiro atoms. The number of para-hydroxylation sites is 1. The first-order valence-corrected chi connectivity index (χ1v) is 5.82. The minimum absolute atomic E-state index is 0.121. The van der Waals surface area contributed by atoms with Gasteiger partial charge in [-0.3, -0.25) is 4.79 Å². The van der Waals surface area contributed by atoms with E-state index >= 15 is 0 Å². The molecule has 1 aromatic rings. The van der Waals surface area contributed by atoms with Gasteiger partial charge in [-0.1, -0.05) is 24.8 Å². The van der Waals surface area contributed by atoms with Crippen molar-refractivity contribution in [3.63, 3.8) is 0 Å². The van der Waals surface area contributed by atoms with Gasteiger partial charge in [0.2, 0.25) is 5.91 Å². The number of rotatable bonds is 7. The smallest absolute Gasteiger partial charge is 0.243 e. The van der Waals surface area contributed by atoms with Gasteiger partial charge in [-0.25, -0.2) is 0 Å². The fourth-order valence-electron chi connectivity index (χ4n) is 1.41. The Morgan fingerprint density at radius 2 is 2.18 bits per heavy atom. The van der Waals surface area contributed by atoms with Crippen molar-refractivity contribution in [3.8, 4) is 5.75 Å². The summed E-state index contributed by atoms with van der Waals surface area (Å²) in [6.07, 6.45) is 3.11. The normalized spacial score (nSPS) is 9.71.